The molecule has 2 N–H and O–H groups in total. The molecule has 1 fully saturated rings. The summed E-state index contributed by atoms with van der Waals surface area (Å²) in [6.45, 7) is 9.66. The molecule has 1 aromatic rings. The van der Waals surface area contributed by atoms with Gasteiger partial charge < -0.3 is 20.3 Å². The van der Waals surface area contributed by atoms with E-state index in [-0.39, 0.29) is 11.9 Å². The third-order valence-corrected chi connectivity index (χ3v) is 5.38. The summed E-state index contributed by atoms with van der Waals surface area (Å²) in [5.41, 5.74) is 1.07. The highest BCUT2D eigenvalue weighted by molar-refractivity contribution is 5.79. The third-order valence-electron chi connectivity index (χ3n) is 5.38. The highest BCUT2D eigenvalue weighted by Gasteiger charge is 2.22. The molecule has 2 atom stereocenters. The Morgan fingerprint density at radius 3 is 2.31 bits per heavy atom. The summed E-state index contributed by atoms with van der Waals surface area (Å²) in [6, 6.07) is 7.29. The van der Waals surface area contributed by atoms with Crippen LogP contribution in [0.15, 0.2) is 29.3 Å². The average Bonchev–Trinajstić information content (AvgIpc) is 2.70. The predicted octanol–water partition coefficient (Wildman–Crippen LogP) is 2.34. The van der Waals surface area contributed by atoms with E-state index in [0.29, 0.717) is 18.5 Å². The average molecular weight is 408 g/mol. The molecule has 1 heterocycles. The molecule has 0 aromatic heterocycles. The minimum Gasteiger partial charge on any atom is -0.379 e. The van der Waals surface area contributed by atoms with Gasteiger partial charge in [-0.15, -0.1) is 0 Å². The maximum atomic E-state index is 13.3. The molecule has 0 saturated carbocycles. The molecule has 1 aliphatic heterocycles. The molecule has 0 amide bonds. The van der Waals surface area contributed by atoms with Gasteiger partial charge in [0, 0.05) is 39.3 Å². The fourth-order valence-electron chi connectivity index (χ4n) is 3.76. The van der Waals surface area contributed by atoms with Gasteiger partial charge in [-0.05, 0) is 44.1 Å². The SMILES string of the molecule is CN=C(NCC(c1ccc(F)cc1)N(C)C)NCC(CC(C)C)N1CCOCC1. The first-order valence-corrected chi connectivity index (χ1v) is 10.6. The first-order valence-electron chi connectivity index (χ1n) is 10.6. The van der Waals surface area contributed by atoms with Crippen molar-refractivity contribution in [3.05, 3.63) is 35.6 Å². The van der Waals surface area contributed by atoms with Crippen molar-refractivity contribution in [2.24, 2.45) is 10.9 Å². The summed E-state index contributed by atoms with van der Waals surface area (Å²) in [6.07, 6.45) is 1.14. The van der Waals surface area contributed by atoms with Crippen LogP contribution in [-0.4, -0.2) is 82.3 Å². The van der Waals surface area contributed by atoms with Crippen LogP contribution in [0.1, 0.15) is 31.9 Å². The van der Waals surface area contributed by atoms with Crippen molar-refractivity contribution >= 4 is 5.96 Å². The van der Waals surface area contributed by atoms with E-state index in [1.165, 1.54) is 12.1 Å². The van der Waals surface area contributed by atoms with Crippen molar-refractivity contribution in [1.29, 1.82) is 0 Å². The fourth-order valence-corrected chi connectivity index (χ4v) is 3.76. The van der Waals surface area contributed by atoms with Crippen LogP contribution in [-0.2, 0) is 4.74 Å². The molecule has 6 nitrogen and oxygen atoms in total. The molecule has 164 valence electrons. The predicted molar refractivity (Wildman–Crippen MR) is 118 cm³/mol. The first-order chi connectivity index (χ1) is 13.9. The van der Waals surface area contributed by atoms with Gasteiger partial charge in [0.1, 0.15) is 5.82 Å². The van der Waals surface area contributed by atoms with Gasteiger partial charge in [0.25, 0.3) is 0 Å². The lowest BCUT2D eigenvalue weighted by atomic mass is 10.0. The zero-order valence-electron chi connectivity index (χ0n) is 18.6. The minimum atomic E-state index is -0.212. The summed E-state index contributed by atoms with van der Waals surface area (Å²) >= 11 is 0. The van der Waals surface area contributed by atoms with Gasteiger partial charge >= 0.3 is 0 Å². The second-order valence-electron chi connectivity index (χ2n) is 8.30. The number of morpholine rings is 1. The zero-order chi connectivity index (χ0) is 21.2. The molecule has 29 heavy (non-hydrogen) atoms. The molecule has 2 unspecified atom stereocenters. The second kappa shape index (κ2) is 12.1. The van der Waals surface area contributed by atoms with Gasteiger partial charge in [0.05, 0.1) is 19.3 Å². The van der Waals surface area contributed by atoms with Gasteiger partial charge in [0.15, 0.2) is 5.96 Å². The lowest BCUT2D eigenvalue weighted by Crippen LogP contribution is -2.51. The molecule has 0 bridgehead atoms. The van der Waals surface area contributed by atoms with Crippen LogP contribution in [0.2, 0.25) is 0 Å². The van der Waals surface area contributed by atoms with E-state index >= 15 is 0 Å². The van der Waals surface area contributed by atoms with Crippen LogP contribution in [0.5, 0.6) is 0 Å². The van der Waals surface area contributed by atoms with Gasteiger partial charge in [-0.2, -0.15) is 0 Å². The maximum absolute atomic E-state index is 13.3. The molecule has 1 aromatic carbocycles. The number of likely N-dealkylation sites (N-methyl/N-ethyl adjacent to an activating group) is 1. The van der Waals surface area contributed by atoms with E-state index in [4.69, 9.17) is 4.74 Å². The molecule has 0 radical (unpaired) electrons. The molecule has 7 heteroatoms. The molecule has 0 spiro atoms. The number of nitrogens with zero attached hydrogens (tertiary/aromatic N) is 3. The van der Waals surface area contributed by atoms with Crippen molar-refractivity contribution in [2.45, 2.75) is 32.4 Å². The van der Waals surface area contributed by atoms with Crippen molar-refractivity contribution in [1.82, 2.24) is 20.4 Å². The summed E-state index contributed by atoms with van der Waals surface area (Å²) in [4.78, 5) is 9.04. The zero-order valence-corrected chi connectivity index (χ0v) is 18.6. The number of hydrogen-bond donors (Lipinski definition) is 2. The first kappa shape index (κ1) is 23.6. The number of guanidine groups is 1. The monoisotopic (exact) mass is 407 g/mol. The Labute approximate surface area is 175 Å². The Hall–Kier alpha value is -1.70. The topological polar surface area (TPSA) is 52.1 Å². The van der Waals surface area contributed by atoms with E-state index in [1.54, 1.807) is 7.05 Å². The van der Waals surface area contributed by atoms with Gasteiger partial charge in [-0.25, -0.2) is 4.39 Å². The molecule has 0 aliphatic carbocycles. The van der Waals surface area contributed by atoms with Crippen molar-refractivity contribution < 1.29 is 9.13 Å². The van der Waals surface area contributed by atoms with Crippen LogP contribution in [0.25, 0.3) is 0 Å². The minimum absolute atomic E-state index is 0.125. The van der Waals surface area contributed by atoms with Crippen LogP contribution >= 0.6 is 0 Å². The number of halogens is 1. The molecule has 2 rings (SSSR count). The van der Waals surface area contributed by atoms with E-state index in [9.17, 15) is 4.39 Å². The largest absolute Gasteiger partial charge is 0.379 e. The smallest absolute Gasteiger partial charge is 0.191 e. The Morgan fingerprint density at radius 1 is 1.14 bits per heavy atom. The molecular weight excluding hydrogens is 369 g/mol. The Bertz CT molecular complexity index is 614. The van der Waals surface area contributed by atoms with Crippen LogP contribution in [0, 0.1) is 11.7 Å². The van der Waals surface area contributed by atoms with Gasteiger partial charge in [0.2, 0.25) is 0 Å². The van der Waals surface area contributed by atoms with Gasteiger partial charge in [-0.1, -0.05) is 26.0 Å². The number of aliphatic imine (C=N–C) groups is 1. The third kappa shape index (κ3) is 7.91. The summed E-state index contributed by atoms with van der Waals surface area (Å²) in [7, 11) is 5.86. The molecule has 1 saturated heterocycles. The summed E-state index contributed by atoms with van der Waals surface area (Å²) in [5, 5.41) is 6.94. The normalized spacial score (nSPS) is 18.1. The van der Waals surface area contributed by atoms with E-state index < -0.39 is 0 Å². The molecule has 1 aliphatic rings. The number of nitrogens with one attached hydrogen (secondary N) is 2. The van der Waals surface area contributed by atoms with Crippen LogP contribution in [0.3, 0.4) is 0 Å². The second-order valence-corrected chi connectivity index (χ2v) is 8.30. The van der Waals surface area contributed by atoms with E-state index in [2.05, 4.69) is 39.3 Å². The number of ether oxygens (including phenoxy) is 1. The summed E-state index contributed by atoms with van der Waals surface area (Å²) < 4.78 is 18.8. The lowest BCUT2D eigenvalue weighted by Gasteiger charge is -2.36. The van der Waals surface area contributed by atoms with Crippen LogP contribution < -0.4 is 10.6 Å². The van der Waals surface area contributed by atoms with E-state index in [0.717, 1.165) is 50.8 Å². The maximum Gasteiger partial charge on any atom is 0.191 e. The number of benzene rings is 1. The summed E-state index contributed by atoms with van der Waals surface area (Å²) in [5.74, 6) is 1.22. The number of rotatable bonds is 9. The Balaban J connectivity index is 1.92. The quantitative estimate of drug-likeness (QED) is 0.486. The Kier molecular flexibility index (Phi) is 9.84. The standard InChI is InChI=1S/C22H38FN5O/c1-17(2)14-20(28-10-12-29-13-11-28)15-25-22(24-3)26-16-21(27(4)5)18-6-8-19(23)9-7-18/h6-9,17,20-21H,10-16H2,1-5H3,(H2,24,25,26). The van der Waals surface area contributed by atoms with Crippen molar-refractivity contribution in [3.8, 4) is 0 Å². The lowest BCUT2D eigenvalue weighted by molar-refractivity contribution is 0.0132. The van der Waals surface area contributed by atoms with Crippen molar-refractivity contribution in [2.75, 3.05) is 60.5 Å². The highest BCUT2D eigenvalue weighted by Crippen LogP contribution is 2.18. The fraction of sp³-hybridized carbons (Fsp3) is 0.682. The Morgan fingerprint density at radius 2 is 1.76 bits per heavy atom. The van der Waals surface area contributed by atoms with Gasteiger partial charge in [-0.3, -0.25) is 9.89 Å². The van der Waals surface area contributed by atoms with Crippen LogP contribution in [0.4, 0.5) is 4.39 Å². The molecular formula is C22H38FN5O. The number of hydrogen-bond acceptors (Lipinski definition) is 4. The van der Waals surface area contributed by atoms with E-state index in [1.807, 2.05) is 26.2 Å². The van der Waals surface area contributed by atoms with Crippen molar-refractivity contribution in [3.63, 3.8) is 0 Å². The highest BCUT2D eigenvalue weighted by atomic mass is 19.1.